The van der Waals surface area contributed by atoms with Gasteiger partial charge >= 0.3 is 5.97 Å². The first kappa shape index (κ1) is 19.1. The van der Waals surface area contributed by atoms with Crippen LogP contribution in [0.1, 0.15) is 22.9 Å². The molecule has 2 aromatic carbocycles. The summed E-state index contributed by atoms with van der Waals surface area (Å²) in [5, 5.41) is 14.4. The third kappa shape index (κ3) is 3.22. The van der Waals surface area contributed by atoms with Crippen molar-refractivity contribution in [1.82, 2.24) is 10.3 Å². The van der Waals surface area contributed by atoms with E-state index in [-0.39, 0.29) is 30.2 Å². The highest BCUT2D eigenvalue weighted by Crippen LogP contribution is 2.37. The lowest BCUT2D eigenvalue weighted by molar-refractivity contribution is -0.143. The standard InChI is InChI=1S/C20H20N2O4.ClH/c1-25-17-9-11(7-8-16(17)23)18-19-13(10-15(22-18)20(24)26-2)12-5-3-4-6-14(12)21-19;/h3-9,15,18,21-23H,10H2,1-2H3;1H/t15-,18+;/m0./s1. The van der Waals surface area contributed by atoms with Crippen molar-refractivity contribution in [1.29, 1.82) is 0 Å². The van der Waals surface area contributed by atoms with E-state index in [9.17, 15) is 9.90 Å². The van der Waals surface area contributed by atoms with E-state index in [2.05, 4.69) is 16.4 Å². The van der Waals surface area contributed by atoms with E-state index in [1.807, 2.05) is 24.3 Å². The van der Waals surface area contributed by atoms with Crippen LogP contribution >= 0.6 is 12.4 Å². The summed E-state index contributed by atoms with van der Waals surface area (Å²) >= 11 is 0. The zero-order chi connectivity index (χ0) is 18.3. The van der Waals surface area contributed by atoms with Crippen LogP contribution < -0.4 is 10.1 Å². The van der Waals surface area contributed by atoms with E-state index in [0.717, 1.165) is 27.7 Å². The van der Waals surface area contributed by atoms with Crippen LogP contribution in [0.2, 0.25) is 0 Å². The average molecular weight is 389 g/mol. The number of phenolic OH excluding ortho intramolecular Hbond substituents is 1. The number of methoxy groups -OCH3 is 2. The molecule has 2 atom stereocenters. The number of halogens is 1. The molecule has 6 nitrogen and oxygen atoms in total. The maximum atomic E-state index is 12.2. The molecule has 0 aliphatic carbocycles. The molecule has 0 bridgehead atoms. The Hall–Kier alpha value is -2.70. The van der Waals surface area contributed by atoms with Crippen molar-refractivity contribution in [2.45, 2.75) is 18.5 Å². The van der Waals surface area contributed by atoms with E-state index >= 15 is 0 Å². The molecule has 1 aliphatic heterocycles. The lowest BCUT2D eigenvalue weighted by atomic mass is 9.90. The van der Waals surface area contributed by atoms with E-state index in [0.29, 0.717) is 12.2 Å². The lowest BCUT2D eigenvalue weighted by Gasteiger charge is -2.30. The topological polar surface area (TPSA) is 83.6 Å². The Morgan fingerprint density at radius 3 is 2.70 bits per heavy atom. The first-order valence-electron chi connectivity index (χ1n) is 8.42. The van der Waals surface area contributed by atoms with E-state index in [1.54, 1.807) is 12.1 Å². The normalized spacial score (nSPS) is 18.4. The number of phenols is 1. The molecule has 0 fully saturated rings. The Labute approximate surface area is 162 Å². The van der Waals surface area contributed by atoms with Crippen LogP contribution in [0.5, 0.6) is 11.5 Å². The Morgan fingerprint density at radius 2 is 1.96 bits per heavy atom. The number of benzene rings is 2. The zero-order valence-corrected chi connectivity index (χ0v) is 15.8. The van der Waals surface area contributed by atoms with Crippen molar-refractivity contribution < 1.29 is 19.4 Å². The second kappa shape index (κ2) is 7.50. The Bertz CT molecular complexity index is 985. The number of H-pyrrole nitrogens is 1. The Kier molecular flexibility index (Phi) is 5.30. The van der Waals surface area contributed by atoms with Crippen molar-refractivity contribution in [3.8, 4) is 11.5 Å². The highest BCUT2D eigenvalue weighted by atomic mass is 35.5. The molecule has 142 valence electrons. The molecule has 0 saturated heterocycles. The second-order valence-electron chi connectivity index (χ2n) is 6.37. The number of fused-ring (bicyclic) bond motifs is 3. The number of nitrogens with one attached hydrogen (secondary N) is 2. The minimum absolute atomic E-state index is 0. The van der Waals surface area contributed by atoms with Gasteiger partial charge in [0.05, 0.1) is 20.3 Å². The summed E-state index contributed by atoms with van der Waals surface area (Å²) in [6, 6.07) is 12.6. The molecular weight excluding hydrogens is 368 g/mol. The Morgan fingerprint density at radius 1 is 1.19 bits per heavy atom. The average Bonchev–Trinajstić information content (AvgIpc) is 3.05. The number of rotatable bonds is 3. The fourth-order valence-electron chi connectivity index (χ4n) is 3.67. The first-order valence-corrected chi connectivity index (χ1v) is 8.42. The number of carbonyl (C=O) groups is 1. The largest absolute Gasteiger partial charge is 0.504 e. The SMILES string of the molecule is COC(=O)[C@@H]1Cc2c([nH]c3ccccc23)[C@@H](c2ccc(O)c(OC)c2)N1.Cl. The summed E-state index contributed by atoms with van der Waals surface area (Å²) < 4.78 is 10.2. The second-order valence-corrected chi connectivity index (χ2v) is 6.37. The van der Waals surface area contributed by atoms with Crippen LogP contribution in [0.4, 0.5) is 0 Å². The quantitative estimate of drug-likeness (QED) is 0.600. The van der Waals surface area contributed by atoms with E-state index < -0.39 is 6.04 Å². The minimum atomic E-state index is -0.448. The summed E-state index contributed by atoms with van der Waals surface area (Å²) in [6.45, 7) is 0. The first-order chi connectivity index (χ1) is 12.6. The number of aromatic hydroxyl groups is 1. The van der Waals surface area contributed by atoms with Gasteiger partial charge in [-0.2, -0.15) is 0 Å². The van der Waals surface area contributed by atoms with Gasteiger partial charge in [-0.25, -0.2) is 0 Å². The Balaban J connectivity index is 0.00000210. The highest BCUT2D eigenvalue weighted by Gasteiger charge is 2.34. The molecule has 1 aliphatic rings. The van der Waals surface area contributed by atoms with Gasteiger partial charge in [-0.3, -0.25) is 10.1 Å². The number of hydrogen-bond acceptors (Lipinski definition) is 5. The number of aromatic nitrogens is 1. The molecule has 0 radical (unpaired) electrons. The molecular formula is C20H21ClN2O4. The van der Waals surface area contributed by atoms with Crippen LogP contribution in [0.25, 0.3) is 10.9 Å². The van der Waals surface area contributed by atoms with Crippen LogP contribution in [0.15, 0.2) is 42.5 Å². The third-order valence-electron chi connectivity index (χ3n) is 4.93. The predicted octanol–water partition coefficient (Wildman–Crippen LogP) is 3.08. The smallest absolute Gasteiger partial charge is 0.323 e. The van der Waals surface area contributed by atoms with Gasteiger partial charge in [0, 0.05) is 23.0 Å². The molecule has 27 heavy (non-hydrogen) atoms. The molecule has 3 N–H and O–H groups in total. The van der Waals surface area contributed by atoms with Gasteiger partial charge in [0.25, 0.3) is 0 Å². The highest BCUT2D eigenvalue weighted by molar-refractivity contribution is 5.87. The van der Waals surface area contributed by atoms with Crippen molar-refractivity contribution in [2.75, 3.05) is 14.2 Å². The molecule has 7 heteroatoms. The fourth-order valence-corrected chi connectivity index (χ4v) is 3.67. The molecule has 3 aromatic rings. The molecule has 0 amide bonds. The predicted molar refractivity (Wildman–Crippen MR) is 105 cm³/mol. The van der Waals surface area contributed by atoms with Crippen molar-refractivity contribution in [3.63, 3.8) is 0 Å². The number of carbonyl (C=O) groups excluding carboxylic acids is 1. The third-order valence-corrected chi connectivity index (χ3v) is 4.93. The minimum Gasteiger partial charge on any atom is -0.504 e. The summed E-state index contributed by atoms with van der Waals surface area (Å²) in [5.41, 5.74) is 4.03. The number of esters is 1. The van der Waals surface area contributed by atoms with Crippen LogP contribution in [0, 0.1) is 0 Å². The molecule has 0 spiro atoms. The lowest BCUT2D eigenvalue weighted by Crippen LogP contribution is -2.45. The summed E-state index contributed by atoms with van der Waals surface area (Å²) in [5.74, 6) is 0.173. The van der Waals surface area contributed by atoms with Gasteiger partial charge in [-0.15, -0.1) is 12.4 Å². The van der Waals surface area contributed by atoms with Gasteiger partial charge in [0.2, 0.25) is 0 Å². The molecule has 2 heterocycles. The monoisotopic (exact) mass is 388 g/mol. The van der Waals surface area contributed by atoms with E-state index in [1.165, 1.54) is 14.2 Å². The van der Waals surface area contributed by atoms with Gasteiger partial charge in [0.1, 0.15) is 6.04 Å². The van der Waals surface area contributed by atoms with Gasteiger partial charge < -0.3 is 19.6 Å². The summed E-state index contributed by atoms with van der Waals surface area (Å²) in [6.07, 6.45) is 0.553. The maximum Gasteiger partial charge on any atom is 0.323 e. The van der Waals surface area contributed by atoms with E-state index in [4.69, 9.17) is 9.47 Å². The van der Waals surface area contributed by atoms with Gasteiger partial charge in [-0.05, 0) is 29.3 Å². The number of hydrogen-bond donors (Lipinski definition) is 3. The number of ether oxygens (including phenoxy) is 2. The van der Waals surface area contributed by atoms with Crippen molar-refractivity contribution in [3.05, 3.63) is 59.3 Å². The molecule has 1 aromatic heterocycles. The summed E-state index contributed by atoms with van der Waals surface area (Å²) in [4.78, 5) is 15.7. The number of para-hydroxylation sites is 1. The van der Waals surface area contributed by atoms with Crippen molar-refractivity contribution >= 4 is 29.3 Å². The zero-order valence-electron chi connectivity index (χ0n) is 15.0. The van der Waals surface area contributed by atoms with Crippen molar-refractivity contribution in [2.24, 2.45) is 0 Å². The van der Waals surface area contributed by atoms with Crippen LogP contribution in [-0.2, 0) is 16.0 Å². The van der Waals surface area contributed by atoms with Crippen LogP contribution in [0.3, 0.4) is 0 Å². The molecule has 4 rings (SSSR count). The molecule has 0 saturated carbocycles. The van der Waals surface area contributed by atoms with Gasteiger partial charge in [0.15, 0.2) is 11.5 Å². The van der Waals surface area contributed by atoms with Gasteiger partial charge in [-0.1, -0.05) is 24.3 Å². The van der Waals surface area contributed by atoms with Crippen LogP contribution in [-0.4, -0.2) is 36.3 Å². The summed E-state index contributed by atoms with van der Waals surface area (Å²) in [7, 11) is 2.91. The number of aromatic amines is 1. The fraction of sp³-hybridized carbons (Fsp3) is 0.250. The maximum absolute atomic E-state index is 12.2. The molecule has 0 unspecified atom stereocenters.